The second-order valence-electron chi connectivity index (χ2n) is 6.16. The van der Waals surface area contributed by atoms with Crippen LogP contribution in [0.15, 0.2) is 48.5 Å². The second-order valence-corrected chi connectivity index (χ2v) is 6.16. The molecule has 1 fully saturated rings. The zero-order valence-corrected chi connectivity index (χ0v) is 14.6. The first-order valence-corrected chi connectivity index (χ1v) is 8.20. The highest BCUT2D eigenvalue weighted by atomic mass is 35.5. The van der Waals surface area contributed by atoms with Crippen molar-refractivity contribution in [3.05, 3.63) is 54.3 Å². The standard InChI is InChI=1S/C19H21FN2O2.ClH/c20-14-9-10-18(24-15-6-2-1-3-7-15)17(12-14)22-19(23)11-13-5-4-8-16(13)21;/h1-3,6-7,9-10,12-13,16H,4-5,8,11,21H2,(H,22,23);1H/t13-,16+;/m0./s1. The van der Waals surface area contributed by atoms with Gasteiger partial charge in [0, 0.05) is 18.5 Å². The Bertz CT molecular complexity index is 712. The molecule has 1 aliphatic carbocycles. The largest absolute Gasteiger partial charge is 0.455 e. The summed E-state index contributed by atoms with van der Waals surface area (Å²) in [5.41, 5.74) is 6.34. The molecule has 0 unspecified atom stereocenters. The number of ether oxygens (including phenoxy) is 1. The lowest BCUT2D eigenvalue weighted by Gasteiger charge is -2.16. The number of para-hydroxylation sites is 1. The Labute approximate surface area is 153 Å². The minimum Gasteiger partial charge on any atom is -0.455 e. The third-order valence-corrected chi connectivity index (χ3v) is 4.35. The number of nitrogens with two attached hydrogens (primary N) is 1. The molecule has 3 rings (SSSR count). The molecule has 2 atom stereocenters. The first kappa shape index (κ1) is 19.2. The van der Waals surface area contributed by atoms with Crippen LogP contribution >= 0.6 is 12.4 Å². The quantitative estimate of drug-likeness (QED) is 0.821. The number of halogens is 2. The lowest BCUT2D eigenvalue weighted by molar-refractivity contribution is -0.117. The summed E-state index contributed by atoms with van der Waals surface area (Å²) < 4.78 is 19.3. The molecule has 3 N–H and O–H groups in total. The van der Waals surface area contributed by atoms with Crippen LogP contribution < -0.4 is 15.8 Å². The van der Waals surface area contributed by atoms with Crippen molar-refractivity contribution < 1.29 is 13.9 Å². The van der Waals surface area contributed by atoms with Crippen molar-refractivity contribution >= 4 is 24.0 Å². The summed E-state index contributed by atoms with van der Waals surface area (Å²) >= 11 is 0. The van der Waals surface area contributed by atoms with E-state index in [9.17, 15) is 9.18 Å². The highest BCUT2D eigenvalue weighted by Crippen LogP contribution is 2.31. The van der Waals surface area contributed by atoms with Crippen molar-refractivity contribution in [1.29, 1.82) is 0 Å². The van der Waals surface area contributed by atoms with Gasteiger partial charge in [-0.25, -0.2) is 4.39 Å². The number of carbonyl (C=O) groups excluding carboxylic acids is 1. The molecule has 0 radical (unpaired) electrons. The van der Waals surface area contributed by atoms with Gasteiger partial charge in [-0.05, 0) is 43.0 Å². The molecule has 4 nitrogen and oxygen atoms in total. The van der Waals surface area contributed by atoms with E-state index in [1.165, 1.54) is 18.2 Å². The smallest absolute Gasteiger partial charge is 0.224 e. The van der Waals surface area contributed by atoms with Crippen molar-refractivity contribution in [2.75, 3.05) is 5.32 Å². The number of hydrogen-bond acceptors (Lipinski definition) is 3. The fourth-order valence-electron chi connectivity index (χ4n) is 3.06. The molecular weight excluding hydrogens is 343 g/mol. The summed E-state index contributed by atoms with van der Waals surface area (Å²) in [6.07, 6.45) is 3.33. The van der Waals surface area contributed by atoms with Gasteiger partial charge in [-0.2, -0.15) is 0 Å². The van der Waals surface area contributed by atoms with Gasteiger partial charge in [0.05, 0.1) is 5.69 Å². The van der Waals surface area contributed by atoms with E-state index in [0.717, 1.165) is 19.3 Å². The zero-order valence-electron chi connectivity index (χ0n) is 13.8. The number of rotatable bonds is 5. The number of anilines is 1. The number of amides is 1. The van der Waals surface area contributed by atoms with Crippen LogP contribution in [0.5, 0.6) is 11.5 Å². The Kier molecular flexibility index (Phi) is 6.79. The van der Waals surface area contributed by atoms with E-state index in [0.29, 0.717) is 23.6 Å². The molecule has 0 aromatic heterocycles. The second kappa shape index (κ2) is 8.83. The fraction of sp³-hybridized carbons (Fsp3) is 0.316. The number of benzene rings is 2. The Morgan fingerprint density at radius 3 is 2.64 bits per heavy atom. The lowest BCUT2D eigenvalue weighted by atomic mass is 10.00. The molecule has 0 saturated heterocycles. The lowest BCUT2D eigenvalue weighted by Crippen LogP contribution is -2.28. The molecule has 1 saturated carbocycles. The molecular formula is C19H22ClFN2O2. The maximum Gasteiger partial charge on any atom is 0.224 e. The van der Waals surface area contributed by atoms with E-state index in [1.807, 2.05) is 18.2 Å². The Morgan fingerprint density at radius 1 is 1.20 bits per heavy atom. The van der Waals surface area contributed by atoms with E-state index >= 15 is 0 Å². The van der Waals surface area contributed by atoms with Crippen LogP contribution in [0.4, 0.5) is 10.1 Å². The molecule has 1 aliphatic rings. The van der Waals surface area contributed by atoms with Crippen LogP contribution in [0.1, 0.15) is 25.7 Å². The van der Waals surface area contributed by atoms with Crippen molar-refractivity contribution in [2.45, 2.75) is 31.7 Å². The maximum atomic E-state index is 13.6. The number of carbonyl (C=O) groups is 1. The van der Waals surface area contributed by atoms with E-state index in [4.69, 9.17) is 10.5 Å². The normalized spacial score (nSPS) is 19.1. The average Bonchev–Trinajstić information content (AvgIpc) is 2.96. The van der Waals surface area contributed by atoms with Gasteiger partial charge in [0.15, 0.2) is 5.75 Å². The van der Waals surface area contributed by atoms with Crippen LogP contribution in [-0.2, 0) is 4.79 Å². The molecule has 0 heterocycles. The minimum atomic E-state index is -0.428. The summed E-state index contributed by atoms with van der Waals surface area (Å²) in [5, 5.41) is 2.76. The maximum absolute atomic E-state index is 13.6. The van der Waals surface area contributed by atoms with Crippen LogP contribution in [0.3, 0.4) is 0 Å². The SMILES string of the molecule is Cl.N[C@@H]1CCC[C@H]1CC(=O)Nc1cc(F)ccc1Oc1ccccc1. The summed E-state index contributed by atoms with van der Waals surface area (Å²) in [7, 11) is 0. The van der Waals surface area contributed by atoms with Gasteiger partial charge in [-0.3, -0.25) is 4.79 Å². The third kappa shape index (κ3) is 5.18. The highest BCUT2D eigenvalue weighted by Gasteiger charge is 2.26. The van der Waals surface area contributed by atoms with Gasteiger partial charge in [0.1, 0.15) is 11.6 Å². The van der Waals surface area contributed by atoms with Crippen LogP contribution in [0, 0.1) is 11.7 Å². The van der Waals surface area contributed by atoms with Crippen LogP contribution in [0.2, 0.25) is 0 Å². The molecule has 134 valence electrons. The Morgan fingerprint density at radius 2 is 1.96 bits per heavy atom. The van der Waals surface area contributed by atoms with Gasteiger partial charge < -0.3 is 15.8 Å². The topological polar surface area (TPSA) is 64.4 Å². The van der Waals surface area contributed by atoms with Gasteiger partial charge in [-0.15, -0.1) is 12.4 Å². The summed E-state index contributed by atoms with van der Waals surface area (Å²) in [5.74, 6) is 0.630. The first-order valence-electron chi connectivity index (χ1n) is 8.20. The summed E-state index contributed by atoms with van der Waals surface area (Å²) in [4.78, 5) is 12.3. The van der Waals surface area contributed by atoms with Crippen molar-refractivity contribution in [3.8, 4) is 11.5 Å². The minimum absolute atomic E-state index is 0. The fourth-order valence-corrected chi connectivity index (χ4v) is 3.06. The molecule has 25 heavy (non-hydrogen) atoms. The number of hydrogen-bond donors (Lipinski definition) is 2. The third-order valence-electron chi connectivity index (χ3n) is 4.35. The average molecular weight is 365 g/mol. The van der Waals surface area contributed by atoms with Crippen LogP contribution in [-0.4, -0.2) is 11.9 Å². The predicted molar refractivity (Wildman–Crippen MR) is 98.7 cm³/mol. The molecule has 2 aromatic carbocycles. The Balaban J connectivity index is 0.00000225. The summed E-state index contributed by atoms with van der Waals surface area (Å²) in [6, 6.07) is 13.3. The molecule has 0 aliphatic heterocycles. The van der Waals surface area contributed by atoms with Crippen molar-refractivity contribution in [2.24, 2.45) is 11.7 Å². The zero-order chi connectivity index (χ0) is 16.9. The van der Waals surface area contributed by atoms with E-state index in [2.05, 4.69) is 5.32 Å². The van der Waals surface area contributed by atoms with E-state index < -0.39 is 5.82 Å². The van der Waals surface area contributed by atoms with Gasteiger partial charge in [-0.1, -0.05) is 24.6 Å². The van der Waals surface area contributed by atoms with Gasteiger partial charge >= 0.3 is 0 Å². The molecule has 0 spiro atoms. The first-order chi connectivity index (χ1) is 11.6. The molecule has 1 amide bonds. The van der Waals surface area contributed by atoms with Gasteiger partial charge in [0.2, 0.25) is 5.91 Å². The molecule has 2 aromatic rings. The Hall–Kier alpha value is -2.11. The number of nitrogens with one attached hydrogen (secondary N) is 1. The van der Waals surface area contributed by atoms with E-state index in [-0.39, 0.29) is 30.3 Å². The van der Waals surface area contributed by atoms with Crippen molar-refractivity contribution in [1.82, 2.24) is 0 Å². The summed E-state index contributed by atoms with van der Waals surface area (Å²) in [6.45, 7) is 0. The molecule has 6 heteroatoms. The monoisotopic (exact) mass is 364 g/mol. The van der Waals surface area contributed by atoms with Crippen LogP contribution in [0.25, 0.3) is 0 Å². The van der Waals surface area contributed by atoms with E-state index in [1.54, 1.807) is 12.1 Å². The van der Waals surface area contributed by atoms with Crippen molar-refractivity contribution in [3.63, 3.8) is 0 Å². The highest BCUT2D eigenvalue weighted by molar-refractivity contribution is 5.92. The van der Waals surface area contributed by atoms with Gasteiger partial charge in [0.25, 0.3) is 0 Å². The molecule has 0 bridgehead atoms. The predicted octanol–water partition coefficient (Wildman–Crippen LogP) is 4.50.